The van der Waals surface area contributed by atoms with Crippen molar-refractivity contribution in [1.82, 2.24) is 9.97 Å². The van der Waals surface area contributed by atoms with Gasteiger partial charge in [-0.2, -0.15) is 5.10 Å². The average Bonchev–Trinajstić information content (AvgIpc) is 2.61. The molecule has 124 valence electrons. The van der Waals surface area contributed by atoms with Crippen molar-refractivity contribution in [3.8, 4) is 5.75 Å². The minimum absolute atomic E-state index is 0.0169. The highest BCUT2D eigenvalue weighted by Crippen LogP contribution is 2.27. The summed E-state index contributed by atoms with van der Waals surface area (Å²) in [7, 11) is 0. The molecule has 1 aliphatic rings. The Morgan fingerprint density at radius 1 is 1.20 bits per heavy atom. The van der Waals surface area contributed by atoms with E-state index >= 15 is 0 Å². The van der Waals surface area contributed by atoms with Crippen molar-refractivity contribution in [2.45, 2.75) is 0 Å². The fourth-order valence-electron chi connectivity index (χ4n) is 2.49. The first kappa shape index (κ1) is 14.9. The zero-order chi connectivity index (χ0) is 17.2. The van der Waals surface area contributed by atoms with Gasteiger partial charge in [0.15, 0.2) is 6.61 Å². The number of nitrogens with zero attached hydrogens (tertiary/aromatic N) is 2. The summed E-state index contributed by atoms with van der Waals surface area (Å²) in [6, 6.07) is 12.4. The molecule has 1 aromatic heterocycles. The van der Waals surface area contributed by atoms with Crippen LogP contribution in [0, 0.1) is 0 Å². The molecule has 0 saturated carbocycles. The van der Waals surface area contributed by atoms with Crippen molar-refractivity contribution in [3.05, 3.63) is 58.4 Å². The predicted molar refractivity (Wildman–Crippen MR) is 94.1 cm³/mol. The van der Waals surface area contributed by atoms with E-state index < -0.39 is 0 Å². The number of ether oxygens (including phenoxy) is 1. The van der Waals surface area contributed by atoms with Gasteiger partial charge in [-0.3, -0.25) is 14.6 Å². The number of anilines is 2. The fourth-order valence-corrected chi connectivity index (χ4v) is 2.49. The summed E-state index contributed by atoms with van der Waals surface area (Å²) in [5, 5.41) is 7.31. The molecule has 0 radical (unpaired) electrons. The number of hydrogen-bond acceptors (Lipinski definition) is 6. The average molecular weight is 335 g/mol. The van der Waals surface area contributed by atoms with Crippen LogP contribution in [0.3, 0.4) is 0 Å². The van der Waals surface area contributed by atoms with Gasteiger partial charge in [-0.05, 0) is 35.9 Å². The first-order chi connectivity index (χ1) is 12.2. The molecule has 0 saturated heterocycles. The van der Waals surface area contributed by atoms with Crippen molar-refractivity contribution < 1.29 is 9.53 Å². The van der Waals surface area contributed by atoms with Gasteiger partial charge in [-0.15, -0.1) is 0 Å². The third-order valence-electron chi connectivity index (χ3n) is 3.63. The van der Waals surface area contributed by atoms with Crippen LogP contribution < -0.4 is 21.0 Å². The third-order valence-corrected chi connectivity index (χ3v) is 3.63. The van der Waals surface area contributed by atoms with Crippen LogP contribution in [-0.4, -0.2) is 28.7 Å². The van der Waals surface area contributed by atoms with Gasteiger partial charge in [0.25, 0.3) is 11.5 Å². The number of aromatic amines is 1. The smallest absolute Gasteiger partial charge is 0.262 e. The largest absolute Gasteiger partial charge is 0.482 e. The van der Waals surface area contributed by atoms with E-state index in [1.165, 1.54) is 0 Å². The summed E-state index contributed by atoms with van der Waals surface area (Å²) in [5.74, 6) is 0.664. The summed E-state index contributed by atoms with van der Waals surface area (Å²) in [4.78, 5) is 30.2. The van der Waals surface area contributed by atoms with Crippen molar-refractivity contribution in [1.29, 1.82) is 0 Å². The zero-order valence-electron chi connectivity index (χ0n) is 12.9. The molecule has 8 nitrogen and oxygen atoms in total. The molecule has 8 heteroatoms. The maximum Gasteiger partial charge on any atom is 0.262 e. The van der Waals surface area contributed by atoms with Crippen LogP contribution in [0.5, 0.6) is 5.75 Å². The van der Waals surface area contributed by atoms with E-state index in [9.17, 15) is 9.59 Å². The Bertz CT molecular complexity index is 1060. The topological polar surface area (TPSA) is 108 Å². The van der Waals surface area contributed by atoms with Gasteiger partial charge < -0.3 is 10.1 Å². The molecule has 0 bridgehead atoms. The number of hydrogen-bond donors (Lipinski definition) is 3. The standard InChI is InChI=1S/C17H13N5O3/c23-15-9-25-14-6-5-10(7-13(14)19-15)8-18-22-17-20-12-4-2-1-3-11(12)16(24)21-17/h1-8H,9H2,(H,19,23)(H2,20,21,22,24)/b18-8+. The second-order valence-electron chi connectivity index (χ2n) is 5.39. The Morgan fingerprint density at radius 2 is 2.08 bits per heavy atom. The molecular formula is C17H13N5O3. The number of amides is 1. The fraction of sp³-hybridized carbons (Fsp3) is 0.0588. The van der Waals surface area contributed by atoms with E-state index in [1.807, 2.05) is 6.07 Å². The molecular weight excluding hydrogens is 322 g/mol. The molecule has 0 spiro atoms. The number of nitrogens with one attached hydrogen (secondary N) is 3. The lowest BCUT2D eigenvalue weighted by molar-refractivity contribution is -0.118. The predicted octanol–water partition coefficient (Wildman–Crippen LogP) is 1.70. The molecule has 1 aliphatic heterocycles. The number of fused-ring (bicyclic) bond motifs is 2. The highest BCUT2D eigenvalue weighted by Gasteiger charge is 2.15. The number of aromatic nitrogens is 2. The van der Waals surface area contributed by atoms with E-state index in [0.717, 1.165) is 5.56 Å². The molecule has 1 amide bonds. The van der Waals surface area contributed by atoms with Gasteiger partial charge in [0.1, 0.15) is 5.75 Å². The number of H-pyrrole nitrogens is 1. The van der Waals surface area contributed by atoms with Crippen molar-refractivity contribution >= 4 is 34.7 Å². The van der Waals surface area contributed by atoms with Gasteiger partial charge in [0.2, 0.25) is 5.95 Å². The molecule has 4 rings (SSSR count). The van der Waals surface area contributed by atoms with E-state index in [4.69, 9.17) is 4.74 Å². The second kappa shape index (κ2) is 6.08. The van der Waals surface area contributed by atoms with Crippen LogP contribution in [0.4, 0.5) is 11.6 Å². The van der Waals surface area contributed by atoms with Crippen LogP contribution in [0.25, 0.3) is 10.9 Å². The molecule has 2 aromatic carbocycles. The normalized spacial score (nSPS) is 13.4. The van der Waals surface area contributed by atoms with E-state index in [1.54, 1.807) is 42.6 Å². The maximum absolute atomic E-state index is 12.0. The summed E-state index contributed by atoms with van der Waals surface area (Å²) >= 11 is 0. The lowest BCUT2D eigenvalue weighted by Crippen LogP contribution is -2.25. The Balaban J connectivity index is 1.54. The summed E-state index contributed by atoms with van der Waals surface area (Å²) in [6.07, 6.45) is 1.55. The van der Waals surface area contributed by atoms with Crippen LogP contribution in [0.15, 0.2) is 52.4 Å². The lowest BCUT2D eigenvalue weighted by Gasteiger charge is -2.17. The number of benzene rings is 2. The molecule has 3 N–H and O–H groups in total. The Kier molecular flexibility index (Phi) is 3.62. The number of carbonyl (C=O) groups is 1. The first-order valence-electron chi connectivity index (χ1n) is 7.54. The number of para-hydroxylation sites is 1. The van der Waals surface area contributed by atoms with Gasteiger partial charge in [-0.1, -0.05) is 12.1 Å². The zero-order valence-corrected chi connectivity index (χ0v) is 12.9. The minimum Gasteiger partial charge on any atom is -0.482 e. The minimum atomic E-state index is -0.239. The van der Waals surface area contributed by atoms with Gasteiger partial charge in [0.05, 0.1) is 22.8 Å². The summed E-state index contributed by atoms with van der Waals surface area (Å²) in [5.41, 5.74) is 4.39. The first-order valence-corrected chi connectivity index (χ1v) is 7.54. The van der Waals surface area contributed by atoms with E-state index in [2.05, 4.69) is 25.8 Å². The number of hydrazone groups is 1. The number of carbonyl (C=O) groups excluding carboxylic acids is 1. The lowest BCUT2D eigenvalue weighted by atomic mass is 10.2. The molecule has 0 fully saturated rings. The van der Waals surface area contributed by atoms with Crippen molar-refractivity contribution in [2.75, 3.05) is 17.3 Å². The van der Waals surface area contributed by atoms with Gasteiger partial charge >= 0.3 is 0 Å². The Hall–Kier alpha value is -3.68. The van der Waals surface area contributed by atoms with E-state index in [-0.39, 0.29) is 24.0 Å². The highest BCUT2D eigenvalue weighted by atomic mass is 16.5. The molecule has 3 aromatic rings. The van der Waals surface area contributed by atoms with Gasteiger partial charge in [-0.25, -0.2) is 10.4 Å². The molecule has 0 unspecified atom stereocenters. The van der Waals surface area contributed by atoms with Crippen LogP contribution in [0.1, 0.15) is 5.56 Å². The van der Waals surface area contributed by atoms with Gasteiger partial charge in [0, 0.05) is 0 Å². The van der Waals surface area contributed by atoms with Crippen molar-refractivity contribution in [2.24, 2.45) is 5.10 Å². The van der Waals surface area contributed by atoms with Crippen LogP contribution in [-0.2, 0) is 4.79 Å². The Labute approximate surface area is 141 Å². The number of rotatable bonds is 3. The van der Waals surface area contributed by atoms with Crippen molar-refractivity contribution in [3.63, 3.8) is 0 Å². The third kappa shape index (κ3) is 3.05. The molecule has 2 heterocycles. The van der Waals surface area contributed by atoms with E-state index in [0.29, 0.717) is 22.3 Å². The second-order valence-corrected chi connectivity index (χ2v) is 5.39. The Morgan fingerprint density at radius 3 is 3.00 bits per heavy atom. The molecule has 0 atom stereocenters. The highest BCUT2D eigenvalue weighted by molar-refractivity contribution is 5.96. The van der Waals surface area contributed by atoms with Crippen LogP contribution >= 0.6 is 0 Å². The monoisotopic (exact) mass is 335 g/mol. The summed E-state index contributed by atoms with van der Waals surface area (Å²) < 4.78 is 5.30. The van der Waals surface area contributed by atoms with Crippen LogP contribution in [0.2, 0.25) is 0 Å². The quantitative estimate of drug-likeness (QED) is 0.499. The molecule has 25 heavy (non-hydrogen) atoms. The SMILES string of the molecule is O=C1COc2ccc(/C=N/Nc3nc4ccccc4c(=O)[nH]3)cc2N1. The molecule has 0 aliphatic carbocycles. The maximum atomic E-state index is 12.0. The summed E-state index contributed by atoms with van der Waals surface area (Å²) in [6.45, 7) is 0.0169.